The Morgan fingerprint density at radius 2 is 1.86 bits per heavy atom. The van der Waals surface area contributed by atoms with Gasteiger partial charge in [0.15, 0.2) is 0 Å². The molecule has 2 heterocycles. The molecule has 4 rings (SSSR count). The fourth-order valence-corrected chi connectivity index (χ4v) is 3.52. The maximum atomic E-state index is 12.8. The Morgan fingerprint density at radius 1 is 1.11 bits per heavy atom. The second kappa shape index (κ2) is 10.0. The first-order valence-corrected chi connectivity index (χ1v) is 10.5. The Kier molecular flexibility index (Phi) is 6.68. The van der Waals surface area contributed by atoms with Gasteiger partial charge in [-0.15, -0.1) is 0 Å². The summed E-state index contributed by atoms with van der Waals surface area (Å²) in [7, 11) is 2.87. The van der Waals surface area contributed by atoms with E-state index in [2.05, 4.69) is 10.6 Å². The van der Waals surface area contributed by atoms with E-state index in [0.717, 1.165) is 4.90 Å². The fourth-order valence-electron chi connectivity index (χ4n) is 3.52. The molecule has 184 valence electrons. The van der Waals surface area contributed by atoms with Crippen molar-refractivity contribution in [1.29, 1.82) is 0 Å². The number of carbonyl (C=O) groups is 3. The number of nitro benzene ring substituents is 1. The number of amides is 4. The molecule has 1 saturated heterocycles. The van der Waals surface area contributed by atoms with Crippen molar-refractivity contribution < 1.29 is 33.2 Å². The molecule has 12 nitrogen and oxygen atoms in total. The van der Waals surface area contributed by atoms with Crippen LogP contribution in [-0.2, 0) is 9.59 Å². The zero-order chi connectivity index (χ0) is 25.8. The van der Waals surface area contributed by atoms with E-state index in [4.69, 9.17) is 13.9 Å². The van der Waals surface area contributed by atoms with Crippen LogP contribution in [0.4, 0.5) is 16.2 Å². The largest absolute Gasteiger partial charge is 0.496 e. The number of non-ortho nitro benzene ring substituents is 1. The first-order chi connectivity index (χ1) is 17.3. The number of anilines is 1. The van der Waals surface area contributed by atoms with E-state index in [1.807, 2.05) is 0 Å². The van der Waals surface area contributed by atoms with Crippen molar-refractivity contribution in [3.63, 3.8) is 0 Å². The van der Waals surface area contributed by atoms with Crippen LogP contribution in [0.25, 0.3) is 17.4 Å². The van der Waals surface area contributed by atoms with Crippen molar-refractivity contribution in [2.24, 2.45) is 0 Å². The number of nitro groups is 1. The number of hydrogen-bond acceptors (Lipinski definition) is 8. The lowest BCUT2D eigenvalue weighted by molar-refractivity contribution is -0.384. The van der Waals surface area contributed by atoms with Crippen molar-refractivity contribution >= 4 is 35.3 Å². The minimum Gasteiger partial charge on any atom is -0.496 e. The number of methoxy groups -OCH3 is 2. The molecule has 0 bridgehead atoms. The number of rotatable bonds is 8. The number of nitrogens with one attached hydrogen (secondary N) is 2. The van der Waals surface area contributed by atoms with Crippen molar-refractivity contribution in [2.75, 3.05) is 26.1 Å². The second-order valence-electron chi connectivity index (χ2n) is 7.47. The zero-order valence-corrected chi connectivity index (χ0v) is 19.1. The molecule has 12 heteroatoms. The van der Waals surface area contributed by atoms with Gasteiger partial charge in [0.05, 0.1) is 30.4 Å². The third-order valence-corrected chi connectivity index (χ3v) is 5.22. The van der Waals surface area contributed by atoms with E-state index in [1.165, 1.54) is 44.6 Å². The van der Waals surface area contributed by atoms with Gasteiger partial charge in [0.1, 0.15) is 35.3 Å². The van der Waals surface area contributed by atoms with Crippen molar-refractivity contribution in [3.8, 4) is 22.8 Å². The number of urea groups is 1. The average molecular weight is 492 g/mol. The third kappa shape index (κ3) is 4.87. The van der Waals surface area contributed by atoms with Crippen molar-refractivity contribution in [3.05, 3.63) is 76.2 Å². The molecule has 0 spiro atoms. The van der Waals surface area contributed by atoms with Crippen molar-refractivity contribution in [1.82, 2.24) is 10.2 Å². The Hall–Kier alpha value is -5.13. The molecule has 0 atom stereocenters. The lowest BCUT2D eigenvalue weighted by Gasteiger charge is -2.13. The minimum atomic E-state index is -0.770. The summed E-state index contributed by atoms with van der Waals surface area (Å²) in [6, 6.07) is 13.1. The molecular formula is C24H20N4O8. The van der Waals surface area contributed by atoms with Crippen molar-refractivity contribution in [2.45, 2.75) is 0 Å². The normalized spacial score (nSPS) is 14.1. The molecule has 4 amide bonds. The Labute approximate surface area is 204 Å². The number of imide groups is 1. The molecule has 0 saturated carbocycles. The van der Waals surface area contributed by atoms with Gasteiger partial charge in [0.2, 0.25) is 5.91 Å². The van der Waals surface area contributed by atoms with Gasteiger partial charge in [-0.25, -0.2) is 9.69 Å². The van der Waals surface area contributed by atoms with Gasteiger partial charge in [-0.2, -0.15) is 0 Å². The number of nitrogens with zero attached hydrogens (tertiary/aromatic N) is 2. The predicted octanol–water partition coefficient (Wildman–Crippen LogP) is 3.40. The molecular weight excluding hydrogens is 472 g/mol. The first kappa shape index (κ1) is 24.0. The summed E-state index contributed by atoms with van der Waals surface area (Å²) in [6.45, 7) is -0.520. The van der Waals surface area contributed by atoms with E-state index in [-0.39, 0.29) is 22.9 Å². The van der Waals surface area contributed by atoms with Gasteiger partial charge in [-0.05, 0) is 30.3 Å². The molecule has 2 N–H and O–H groups in total. The second-order valence-corrected chi connectivity index (χ2v) is 7.47. The number of carbonyl (C=O) groups excluding carboxylic acids is 3. The lowest BCUT2D eigenvalue weighted by Crippen LogP contribution is -2.38. The van der Waals surface area contributed by atoms with Crippen LogP contribution in [0, 0.1) is 10.1 Å². The highest BCUT2D eigenvalue weighted by atomic mass is 16.6. The van der Waals surface area contributed by atoms with Crippen LogP contribution in [-0.4, -0.2) is 48.4 Å². The highest BCUT2D eigenvalue weighted by Crippen LogP contribution is 2.35. The van der Waals surface area contributed by atoms with E-state index < -0.39 is 29.3 Å². The highest BCUT2D eigenvalue weighted by molar-refractivity contribution is 6.15. The maximum absolute atomic E-state index is 12.8. The average Bonchev–Trinajstić information content (AvgIpc) is 3.44. The Balaban J connectivity index is 1.50. The number of ether oxygens (including phenoxy) is 2. The van der Waals surface area contributed by atoms with Gasteiger partial charge in [-0.1, -0.05) is 12.1 Å². The van der Waals surface area contributed by atoms with E-state index in [0.29, 0.717) is 22.7 Å². The van der Waals surface area contributed by atoms with Crippen LogP contribution in [0.2, 0.25) is 0 Å². The zero-order valence-electron chi connectivity index (χ0n) is 19.1. The van der Waals surface area contributed by atoms with Crippen LogP contribution < -0.4 is 20.1 Å². The fraction of sp³-hybridized carbons (Fsp3) is 0.125. The van der Waals surface area contributed by atoms with Crippen LogP contribution in [0.5, 0.6) is 11.5 Å². The lowest BCUT2D eigenvalue weighted by atomic mass is 10.1. The monoisotopic (exact) mass is 492 g/mol. The molecule has 0 radical (unpaired) electrons. The van der Waals surface area contributed by atoms with Gasteiger partial charge < -0.3 is 24.5 Å². The highest BCUT2D eigenvalue weighted by Gasteiger charge is 2.35. The molecule has 1 aliphatic rings. The van der Waals surface area contributed by atoms with E-state index in [1.54, 1.807) is 30.3 Å². The molecule has 3 aromatic rings. The Morgan fingerprint density at radius 3 is 2.58 bits per heavy atom. The third-order valence-electron chi connectivity index (χ3n) is 5.22. The number of furan rings is 1. The quantitative estimate of drug-likeness (QED) is 0.210. The van der Waals surface area contributed by atoms with Crippen LogP contribution in [0.15, 0.2) is 64.7 Å². The summed E-state index contributed by atoms with van der Waals surface area (Å²) in [5.74, 6) is -0.0811. The summed E-state index contributed by atoms with van der Waals surface area (Å²) < 4.78 is 16.1. The van der Waals surface area contributed by atoms with Crippen LogP contribution in [0.1, 0.15) is 5.76 Å². The van der Waals surface area contributed by atoms with E-state index >= 15 is 0 Å². The summed E-state index contributed by atoms with van der Waals surface area (Å²) in [6.07, 6.45) is 1.30. The van der Waals surface area contributed by atoms with E-state index in [9.17, 15) is 24.5 Å². The van der Waals surface area contributed by atoms with Gasteiger partial charge in [-0.3, -0.25) is 19.7 Å². The smallest absolute Gasteiger partial charge is 0.329 e. The summed E-state index contributed by atoms with van der Waals surface area (Å²) in [4.78, 5) is 48.9. The predicted molar refractivity (Wildman–Crippen MR) is 127 cm³/mol. The minimum absolute atomic E-state index is 0.100. The van der Waals surface area contributed by atoms with Crippen LogP contribution >= 0.6 is 0 Å². The molecule has 1 fully saturated rings. The van der Waals surface area contributed by atoms with Gasteiger partial charge >= 0.3 is 6.03 Å². The summed E-state index contributed by atoms with van der Waals surface area (Å²) >= 11 is 0. The summed E-state index contributed by atoms with van der Waals surface area (Å²) in [5, 5.41) is 16.1. The maximum Gasteiger partial charge on any atom is 0.329 e. The Bertz CT molecular complexity index is 1390. The molecule has 1 aromatic heterocycles. The van der Waals surface area contributed by atoms with Crippen LogP contribution in [0.3, 0.4) is 0 Å². The molecule has 0 aliphatic carbocycles. The SMILES string of the molecule is COc1ccccc1NC(=O)CN1C(=O)N/C(=C/c2ccc(-c3cc([N+](=O)[O-])ccc3OC)o2)C1=O. The number of benzene rings is 2. The standard InChI is InChI=1S/C24H20N4O8/c1-34-19-9-7-14(28(32)33)11-16(19)20-10-8-15(36-20)12-18-23(30)27(24(31)26-18)13-22(29)25-17-5-3-4-6-21(17)35-2/h3-12H,13H2,1-2H3,(H,25,29)(H,26,31)/b18-12+. The first-order valence-electron chi connectivity index (χ1n) is 10.5. The number of hydrogen-bond donors (Lipinski definition) is 2. The molecule has 36 heavy (non-hydrogen) atoms. The van der Waals surface area contributed by atoms with Gasteiger partial charge in [0.25, 0.3) is 11.6 Å². The molecule has 2 aromatic carbocycles. The topological polar surface area (TPSA) is 153 Å². The van der Waals surface area contributed by atoms with Gasteiger partial charge in [0, 0.05) is 18.2 Å². The molecule has 0 unspecified atom stereocenters. The molecule has 1 aliphatic heterocycles. The summed E-state index contributed by atoms with van der Waals surface area (Å²) in [5.41, 5.74) is 0.486. The number of para-hydroxylation sites is 2.